The van der Waals surface area contributed by atoms with E-state index in [-0.39, 0.29) is 6.04 Å². The molecular formula is C15H18N2O2S. The zero-order valence-electron chi connectivity index (χ0n) is 11.5. The largest absolute Gasteiger partial charge is 0.271 e. The van der Waals surface area contributed by atoms with Crippen LogP contribution in [0.3, 0.4) is 0 Å². The molecule has 0 heterocycles. The molecule has 0 saturated heterocycles. The summed E-state index contributed by atoms with van der Waals surface area (Å²) < 4.78 is 22.9. The molecule has 1 unspecified atom stereocenters. The fourth-order valence-electron chi connectivity index (χ4n) is 2.05. The second-order valence-corrected chi connectivity index (χ2v) is 6.87. The second-order valence-electron chi connectivity index (χ2n) is 4.85. The minimum absolute atomic E-state index is 0.163. The van der Waals surface area contributed by atoms with E-state index in [4.69, 9.17) is 5.84 Å². The van der Waals surface area contributed by atoms with E-state index in [0.717, 1.165) is 11.1 Å². The lowest BCUT2D eigenvalue weighted by molar-refractivity contribution is 0.601. The van der Waals surface area contributed by atoms with Crippen molar-refractivity contribution in [1.29, 1.82) is 0 Å². The van der Waals surface area contributed by atoms with Crippen molar-refractivity contribution in [3.8, 4) is 0 Å². The van der Waals surface area contributed by atoms with Crippen molar-refractivity contribution in [3.63, 3.8) is 0 Å². The highest BCUT2D eigenvalue weighted by Crippen LogP contribution is 2.23. The normalized spacial score (nSPS) is 13.2. The Hall–Kier alpha value is -1.69. The van der Waals surface area contributed by atoms with Crippen molar-refractivity contribution in [2.45, 2.75) is 17.9 Å². The molecular weight excluding hydrogens is 272 g/mol. The average molecular weight is 290 g/mol. The number of hydrogen-bond donors (Lipinski definition) is 2. The van der Waals surface area contributed by atoms with Gasteiger partial charge in [0.05, 0.1) is 10.9 Å². The van der Waals surface area contributed by atoms with Crippen molar-refractivity contribution in [3.05, 3.63) is 65.2 Å². The smallest absolute Gasteiger partial charge is 0.175 e. The summed E-state index contributed by atoms with van der Waals surface area (Å²) in [5, 5.41) is 0. The third-order valence-electron chi connectivity index (χ3n) is 3.22. The molecule has 20 heavy (non-hydrogen) atoms. The number of hydrazine groups is 1. The van der Waals surface area contributed by atoms with Crippen molar-refractivity contribution in [2.75, 3.05) is 6.26 Å². The molecule has 2 aromatic rings. The molecule has 0 saturated carbocycles. The standard InChI is InChI=1S/C15H18N2O2S/c1-11-3-5-12(6-4-11)15(17-16)13-7-9-14(10-8-13)20(2,18)19/h3-10,15,17H,16H2,1-2H3. The number of sulfone groups is 1. The fraction of sp³-hybridized carbons (Fsp3) is 0.200. The van der Waals surface area contributed by atoms with Gasteiger partial charge in [0.25, 0.3) is 0 Å². The van der Waals surface area contributed by atoms with Crippen molar-refractivity contribution in [2.24, 2.45) is 5.84 Å². The highest BCUT2D eigenvalue weighted by Gasteiger charge is 2.13. The van der Waals surface area contributed by atoms with E-state index < -0.39 is 9.84 Å². The number of nitrogens with one attached hydrogen (secondary N) is 1. The Morgan fingerprint density at radius 1 is 0.950 bits per heavy atom. The van der Waals surface area contributed by atoms with Gasteiger partial charge in [0.1, 0.15) is 0 Å². The molecule has 0 radical (unpaired) electrons. The summed E-state index contributed by atoms with van der Waals surface area (Å²) in [5.74, 6) is 5.63. The van der Waals surface area contributed by atoms with Crippen molar-refractivity contribution >= 4 is 9.84 Å². The van der Waals surface area contributed by atoms with Gasteiger partial charge in [-0.2, -0.15) is 0 Å². The minimum atomic E-state index is -3.17. The van der Waals surface area contributed by atoms with Crippen LogP contribution >= 0.6 is 0 Å². The Morgan fingerprint density at radius 2 is 1.40 bits per heavy atom. The summed E-state index contributed by atoms with van der Waals surface area (Å²) in [6.07, 6.45) is 1.20. The Balaban J connectivity index is 2.35. The van der Waals surface area contributed by atoms with Gasteiger partial charge in [0, 0.05) is 6.26 Å². The van der Waals surface area contributed by atoms with Crippen LogP contribution in [0.15, 0.2) is 53.4 Å². The summed E-state index contributed by atoms with van der Waals surface area (Å²) in [4.78, 5) is 0.306. The topological polar surface area (TPSA) is 72.2 Å². The zero-order chi connectivity index (χ0) is 14.8. The first-order valence-electron chi connectivity index (χ1n) is 6.24. The first-order chi connectivity index (χ1) is 9.41. The fourth-order valence-corrected chi connectivity index (χ4v) is 2.68. The lowest BCUT2D eigenvalue weighted by Gasteiger charge is -2.17. The maximum atomic E-state index is 11.5. The van der Waals surface area contributed by atoms with E-state index >= 15 is 0 Å². The van der Waals surface area contributed by atoms with Crippen LogP contribution in [0.25, 0.3) is 0 Å². The highest BCUT2D eigenvalue weighted by molar-refractivity contribution is 7.90. The Kier molecular flexibility index (Phi) is 4.23. The van der Waals surface area contributed by atoms with Gasteiger partial charge in [0.2, 0.25) is 0 Å². The summed E-state index contributed by atoms with van der Waals surface area (Å²) in [5.41, 5.74) is 5.89. The monoisotopic (exact) mass is 290 g/mol. The molecule has 0 aliphatic carbocycles. The number of aryl methyl sites for hydroxylation is 1. The molecule has 2 rings (SSSR count). The quantitative estimate of drug-likeness (QED) is 0.667. The first kappa shape index (κ1) is 14.7. The van der Waals surface area contributed by atoms with Gasteiger partial charge in [-0.05, 0) is 30.2 Å². The molecule has 0 aliphatic heterocycles. The molecule has 5 heteroatoms. The number of nitrogens with two attached hydrogens (primary N) is 1. The van der Waals surface area contributed by atoms with Crippen LogP contribution in [0.1, 0.15) is 22.7 Å². The maximum absolute atomic E-state index is 11.5. The Morgan fingerprint density at radius 3 is 1.80 bits per heavy atom. The number of rotatable bonds is 4. The van der Waals surface area contributed by atoms with Gasteiger partial charge in [-0.15, -0.1) is 0 Å². The minimum Gasteiger partial charge on any atom is -0.271 e. The molecule has 0 aliphatic rings. The molecule has 106 valence electrons. The Bertz CT molecular complexity index is 677. The zero-order valence-corrected chi connectivity index (χ0v) is 12.3. The van der Waals surface area contributed by atoms with Crippen LogP contribution < -0.4 is 11.3 Å². The van der Waals surface area contributed by atoms with E-state index in [1.165, 1.54) is 11.8 Å². The Labute approximate surface area is 119 Å². The van der Waals surface area contributed by atoms with E-state index in [2.05, 4.69) is 5.43 Å². The third-order valence-corrected chi connectivity index (χ3v) is 4.35. The van der Waals surface area contributed by atoms with E-state index in [1.807, 2.05) is 31.2 Å². The average Bonchev–Trinajstić information content (AvgIpc) is 2.41. The predicted molar refractivity (Wildman–Crippen MR) is 79.9 cm³/mol. The van der Waals surface area contributed by atoms with Crippen molar-refractivity contribution in [1.82, 2.24) is 5.43 Å². The lowest BCUT2D eigenvalue weighted by atomic mass is 9.98. The maximum Gasteiger partial charge on any atom is 0.175 e. The molecule has 0 amide bonds. The lowest BCUT2D eigenvalue weighted by Crippen LogP contribution is -2.28. The molecule has 4 nitrogen and oxygen atoms in total. The molecule has 0 spiro atoms. The van der Waals surface area contributed by atoms with Crippen LogP contribution in [0.2, 0.25) is 0 Å². The van der Waals surface area contributed by atoms with E-state index in [9.17, 15) is 8.42 Å². The SMILES string of the molecule is Cc1ccc(C(NN)c2ccc(S(C)(=O)=O)cc2)cc1. The van der Waals surface area contributed by atoms with Gasteiger partial charge in [0.15, 0.2) is 9.84 Å². The van der Waals surface area contributed by atoms with Gasteiger partial charge < -0.3 is 0 Å². The van der Waals surface area contributed by atoms with Gasteiger partial charge in [-0.3, -0.25) is 5.84 Å². The molecule has 0 aromatic heterocycles. The van der Waals surface area contributed by atoms with Gasteiger partial charge in [-0.1, -0.05) is 42.0 Å². The highest BCUT2D eigenvalue weighted by atomic mass is 32.2. The van der Waals surface area contributed by atoms with Crippen LogP contribution in [-0.2, 0) is 9.84 Å². The van der Waals surface area contributed by atoms with E-state index in [1.54, 1.807) is 24.3 Å². The predicted octanol–water partition coefficient (Wildman–Crippen LogP) is 1.95. The van der Waals surface area contributed by atoms with Crippen LogP contribution in [0, 0.1) is 6.92 Å². The molecule has 0 fully saturated rings. The molecule has 0 bridgehead atoms. The van der Waals surface area contributed by atoms with Crippen molar-refractivity contribution < 1.29 is 8.42 Å². The molecule has 1 atom stereocenters. The van der Waals surface area contributed by atoms with Crippen LogP contribution in [0.5, 0.6) is 0 Å². The van der Waals surface area contributed by atoms with E-state index in [0.29, 0.717) is 4.90 Å². The summed E-state index contributed by atoms with van der Waals surface area (Å²) in [6, 6.07) is 14.6. The second kappa shape index (κ2) is 5.75. The van der Waals surface area contributed by atoms with Crippen LogP contribution in [-0.4, -0.2) is 14.7 Å². The molecule has 3 N–H and O–H groups in total. The third kappa shape index (κ3) is 3.25. The summed E-state index contributed by atoms with van der Waals surface area (Å²) >= 11 is 0. The summed E-state index contributed by atoms with van der Waals surface area (Å²) in [7, 11) is -3.17. The number of benzene rings is 2. The van der Waals surface area contributed by atoms with Crippen LogP contribution in [0.4, 0.5) is 0 Å². The first-order valence-corrected chi connectivity index (χ1v) is 8.13. The van der Waals surface area contributed by atoms with Gasteiger partial charge in [-0.25, -0.2) is 13.8 Å². The number of hydrogen-bond acceptors (Lipinski definition) is 4. The molecule has 2 aromatic carbocycles. The summed E-state index contributed by atoms with van der Waals surface area (Å²) in [6.45, 7) is 2.02. The van der Waals surface area contributed by atoms with Gasteiger partial charge >= 0.3 is 0 Å².